The summed E-state index contributed by atoms with van der Waals surface area (Å²) in [5, 5.41) is 0. The van der Waals surface area contributed by atoms with Crippen molar-refractivity contribution in [1.29, 1.82) is 0 Å². The van der Waals surface area contributed by atoms with Gasteiger partial charge in [0.15, 0.2) is 0 Å². The normalized spacial score (nSPS) is 17.6. The van der Waals surface area contributed by atoms with E-state index in [0.717, 1.165) is 34.8 Å². The molecule has 69 heavy (non-hydrogen) atoms. The Morgan fingerprint density at radius 2 is 0.783 bits per heavy atom. The molecule has 0 aliphatic heterocycles. The van der Waals surface area contributed by atoms with Crippen molar-refractivity contribution in [2.24, 2.45) is 11.8 Å². The van der Waals surface area contributed by atoms with Crippen molar-refractivity contribution in [1.82, 2.24) is 0 Å². The molecule has 3 unspecified atom stereocenters. The molecule has 4 aliphatic rings. The second-order valence-electron chi connectivity index (χ2n) is 19.9. The predicted octanol–water partition coefficient (Wildman–Crippen LogP) is 18.1. The van der Waals surface area contributed by atoms with Crippen molar-refractivity contribution in [3.63, 3.8) is 0 Å². The Hall–Kier alpha value is -8.00. The smallest absolute Gasteiger partial charge is 0.0726 e. The Morgan fingerprint density at radius 1 is 0.319 bits per heavy atom. The molecule has 0 N–H and O–H groups in total. The van der Waals surface area contributed by atoms with Crippen molar-refractivity contribution < 1.29 is 0 Å². The summed E-state index contributed by atoms with van der Waals surface area (Å²) in [4.78, 5) is 2.51. The van der Waals surface area contributed by atoms with Crippen LogP contribution in [0.5, 0.6) is 0 Å². The van der Waals surface area contributed by atoms with E-state index in [2.05, 4.69) is 248 Å². The lowest BCUT2D eigenvalue weighted by atomic mass is 9.70. The molecule has 14 rings (SSSR count). The van der Waals surface area contributed by atoms with Crippen molar-refractivity contribution in [3.8, 4) is 66.8 Å². The number of fused-ring (bicyclic) bond motifs is 12. The molecule has 10 aromatic rings. The van der Waals surface area contributed by atoms with Crippen LogP contribution in [0, 0.1) is 11.8 Å². The first-order valence-corrected chi connectivity index (χ1v) is 25.0. The van der Waals surface area contributed by atoms with Crippen molar-refractivity contribution in [2.45, 2.75) is 37.0 Å². The lowest BCUT2D eigenvalue weighted by molar-refractivity contribution is 0.420. The molecule has 4 aliphatic carbocycles. The van der Waals surface area contributed by atoms with E-state index in [1.165, 1.54) is 120 Å². The number of hydrogen-bond acceptors (Lipinski definition) is 1. The summed E-state index contributed by atoms with van der Waals surface area (Å²) in [6, 6.07) is 91.1. The first-order valence-electron chi connectivity index (χ1n) is 25.0. The second-order valence-corrected chi connectivity index (χ2v) is 19.9. The van der Waals surface area contributed by atoms with Gasteiger partial charge in [0.1, 0.15) is 0 Å². The van der Waals surface area contributed by atoms with E-state index in [-0.39, 0.29) is 0 Å². The summed E-state index contributed by atoms with van der Waals surface area (Å²) in [6.07, 6.45) is 5.64. The number of benzene rings is 10. The summed E-state index contributed by atoms with van der Waals surface area (Å²) in [5.74, 6) is 2.55. The third-order valence-corrected chi connectivity index (χ3v) is 16.4. The largest absolute Gasteiger partial charge is 0.310 e. The lowest BCUT2D eigenvalue weighted by Gasteiger charge is -2.33. The molecule has 10 aromatic carbocycles. The standard InChI is InChI=1S/C68H51N/c1-2-16-48(17-3-1)53-18-4-5-19-54(53)55-20-6-7-21-56(55)61-25-11-15-29-67(61)69(51-38-36-47(37-39-51)46-32-34-49(35-33-46)62-43-45-30-31-50(62)42-45)52-40-41-60-59-24-10-14-28-65(59)68(66(60)44-52)63-26-12-8-22-57(63)58-23-9-13-27-64(58)68/h1-29,32-41,44-45,50,62H,30-31,42-43H2. The average Bonchev–Trinajstić information content (AvgIpc) is 4.21. The number of para-hydroxylation sites is 1. The molecule has 1 spiro atoms. The van der Waals surface area contributed by atoms with Crippen LogP contribution in [0.25, 0.3) is 66.8 Å². The van der Waals surface area contributed by atoms with Gasteiger partial charge in [-0.25, -0.2) is 0 Å². The Kier molecular flexibility index (Phi) is 9.34. The minimum Gasteiger partial charge on any atom is -0.310 e. The molecule has 1 heteroatoms. The summed E-state index contributed by atoms with van der Waals surface area (Å²) < 4.78 is 0. The van der Waals surface area contributed by atoms with Crippen molar-refractivity contribution in [3.05, 3.63) is 270 Å². The molecule has 2 bridgehead atoms. The van der Waals surface area contributed by atoms with Gasteiger partial charge in [0, 0.05) is 16.9 Å². The van der Waals surface area contributed by atoms with E-state index >= 15 is 0 Å². The van der Waals surface area contributed by atoms with Crippen LogP contribution in [-0.2, 0) is 5.41 Å². The van der Waals surface area contributed by atoms with Crippen LogP contribution in [0.1, 0.15) is 59.4 Å². The van der Waals surface area contributed by atoms with Crippen LogP contribution in [0.15, 0.2) is 243 Å². The molecule has 0 saturated heterocycles. The number of hydrogen-bond donors (Lipinski definition) is 0. The van der Waals surface area contributed by atoms with Crippen LogP contribution < -0.4 is 4.90 Å². The topological polar surface area (TPSA) is 3.24 Å². The van der Waals surface area contributed by atoms with Crippen LogP contribution in [0.2, 0.25) is 0 Å². The fourth-order valence-corrected chi connectivity index (χ4v) is 13.5. The maximum Gasteiger partial charge on any atom is 0.0726 e. The third kappa shape index (κ3) is 6.23. The lowest BCUT2D eigenvalue weighted by Crippen LogP contribution is -2.26. The number of nitrogens with zero attached hydrogens (tertiary/aromatic N) is 1. The zero-order chi connectivity index (χ0) is 45.5. The van der Waals surface area contributed by atoms with Crippen LogP contribution in [-0.4, -0.2) is 0 Å². The van der Waals surface area contributed by atoms with Gasteiger partial charge in [0.25, 0.3) is 0 Å². The van der Waals surface area contributed by atoms with Gasteiger partial charge >= 0.3 is 0 Å². The maximum atomic E-state index is 2.52. The van der Waals surface area contributed by atoms with Crippen molar-refractivity contribution in [2.75, 3.05) is 4.90 Å². The molecule has 0 aromatic heterocycles. The highest BCUT2D eigenvalue weighted by Crippen LogP contribution is 2.63. The minimum atomic E-state index is -0.456. The molecular formula is C68H51N. The van der Waals surface area contributed by atoms with Crippen molar-refractivity contribution >= 4 is 17.1 Å². The Labute approximate surface area is 406 Å². The van der Waals surface area contributed by atoms with Gasteiger partial charge < -0.3 is 4.90 Å². The van der Waals surface area contributed by atoms with Crippen LogP contribution >= 0.6 is 0 Å². The molecule has 3 atom stereocenters. The fourth-order valence-electron chi connectivity index (χ4n) is 13.5. The molecule has 328 valence electrons. The van der Waals surface area contributed by atoms with Gasteiger partial charge in [-0.1, -0.05) is 219 Å². The van der Waals surface area contributed by atoms with E-state index in [1.807, 2.05) is 0 Å². The summed E-state index contributed by atoms with van der Waals surface area (Å²) in [6.45, 7) is 0. The predicted molar refractivity (Wildman–Crippen MR) is 287 cm³/mol. The Morgan fingerprint density at radius 3 is 1.36 bits per heavy atom. The molecule has 0 amide bonds. The molecule has 0 radical (unpaired) electrons. The number of anilines is 3. The van der Waals surface area contributed by atoms with Gasteiger partial charge in [-0.05, 0) is 156 Å². The van der Waals surface area contributed by atoms with Gasteiger partial charge in [-0.15, -0.1) is 0 Å². The quantitative estimate of drug-likeness (QED) is 0.147. The monoisotopic (exact) mass is 881 g/mol. The zero-order valence-electron chi connectivity index (χ0n) is 38.6. The van der Waals surface area contributed by atoms with E-state index in [1.54, 1.807) is 0 Å². The second kappa shape index (κ2) is 16.1. The van der Waals surface area contributed by atoms with Gasteiger partial charge in [-0.3, -0.25) is 0 Å². The summed E-state index contributed by atoms with van der Waals surface area (Å²) in [5.41, 5.74) is 24.8. The first-order chi connectivity index (χ1) is 34.2. The van der Waals surface area contributed by atoms with E-state index in [0.29, 0.717) is 0 Å². The summed E-state index contributed by atoms with van der Waals surface area (Å²) in [7, 11) is 0. The first kappa shape index (κ1) is 40.1. The third-order valence-electron chi connectivity index (χ3n) is 16.4. The van der Waals surface area contributed by atoms with Gasteiger partial charge in [0.2, 0.25) is 0 Å². The van der Waals surface area contributed by atoms with E-state index in [9.17, 15) is 0 Å². The van der Waals surface area contributed by atoms with E-state index < -0.39 is 5.41 Å². The molecule has 2 fully saturated rings. The van der Waals surface area contributed by atoms with Crippen LogP contribution in [0.3, 0.4) is 0 Å². The Balaban J connectivity index is 0.953. The van der Waals surface area contributed by atoms with Gasteiger partial charge in [0.05, 0.1) is 11.1 Å². The Bertz CT molecular complexity index is 3520. The highest BCUT2D eigenvalue weighted by molar-refractivity contribution is 5.99. The molecule has 0 heterocycles. The van der Waals surface area contributed by atoms with Gasteiger partial charge in [-0.2, -0.15) is 0 Å². The fraction of sp³-hybridized carbons (Fsp3) is 0.118. The highest BCUT2D eigenvalue weighted by atomic mass is 15.1. The SMILES string of the molecule is c1ccc(-c2ccccc2-c2ccccc2-c2ccccc2N(c2ccc(-c3ccc(C4CC5CCC4C5)cc3)cc2)c2ccc3c(c2)C2(c4ccccc4-c4ccccc42)c2ccccc2-3)cc1. The highest BCUT2D eigenvalue weighted by Gasteiger charge is 2.51. The maximum absolute atomic E-state index is 2.52. The molecule has 1 nitrogen and oxygen atoms in total. The summed E-state index contributed by atoms with van der Waals surface area (Å²) >= 11 is 0. The molecule has 2 saturated carbocycles. The zero-order valence-corrected chi connectivity index (χ0v) is 38.6. The molecular weight excluding hydrogens is 831 g/mol. The van der Waals surface area contributed by atoms with Crippen LogP contribution in [0.4, 0.5) is 17.1 Å². The average molecular weight is 882 g/mol. The number of rotatable bonds is 8. The minimum absolute atomic E-state index is 0.456. The van der Waals surface area contributed by atoms with E-state index in [4.69, 9.17) is 0 Å².